The van der Waals surface area contributed by atoms with E-state index in [1.165, 1.54) is 6.20 Å². The number of aromatic nitrogens is 2. The smallest absolute Gasteiger partial charge is 0.260 e. The number of rotatable bonds is 2. The van der Waals surface area contributed by atoms with Crippen LogP contribution in [-0.2, 0) is 0 Å². The highest BCUT2D eigenvalue weighted by Gasteiger charge is 2.26. The molecule has 1 atom stereocenters. The molecule has 6 nitrogen and oxygen atoms in total. The number of carbonyl (C=O) groups is 1. The van der Waals surface area contributed by atoms with E-state index >= 15 is 0 Å². The first-order chi connectivity index (χ1) is 11.0. The molecule has 1 unspecified atom stereocenters. The summed E-state index contributed by atoms with van der Waals surface area (Å²) in [6, 6.07) is 5.32. The van der Waals surface area contributed by atoms with Gasteiger partial charge in [-0.1, -0.05) is 30.1 Å². The molecule has 2 aromatic rings. The van der Waals surface area contributed by atoms with Crippen molar-refractivity contribution in [2.24, 2.45) is 11.0 Å². The Morgan fingerprint density at radius 1 is 1.39 bits per heavy atom. The molecular weight excluding hydrogens is 337 g/mol. The minimum atomic E-state index is -0.224. The van der Waals surface area contributed by atoms with Crippen molar-refractivity contribution in [2.75, 3.05) is 11.6 Å². The molecule has 1 aromatic heterocycles. The fraction of sp³-hybridized carbons (Fsp3) is 0.267. The lowest BCUT2D eigenvalue weighted by atomic mass is 10.1. The highest BCUT2D eigenvalue weighted by molar-refractivity contribution is 6.42. The molecule has 0 radical (unpaired) electrons. The van der Waals surface area contributed by atoms with Gasteiger partial charge in [0.15, 0.2) is 0 Å². The first-order valence-electron chi connectivity index (χ1n) is 7.08. The quantitative estimate of drug-likeness (QED) is 0.872. The van der Waals surface area contributed by atoms with E-state index < -0.39 is 0 Å². The summed E-state index contributed by atoms with van der Waals surface area (Å²) in [6.07, 6.45) is 1.50. The lowest BCUT2D eigenvalue weighted by Gasteiger charge is -2.14. The normalized spacial score (nSPS) is 17.3. The van der Waals surface area contributed by atoms with Crippen molar-refractivity contribution in [2.45, 2.75) is 13.8 Å². The predicted molar refractivity (Wildman–Crippen MR) is 91.2 cm³/mol. The van der Waals surface area contributed by atoms with Crippen LogP contribution in [0.15, 0.2) is 29.5 Å². The van der Waals surface area contributed by atoms with Crippen LogP contribution in [0.2, 0.25) is 10.0 Å². The van der Waals surface area contributed by atoms with Crippen LogP contribution in [0.4, 0.5) is 5.69 Å². The molecule has 120 valence electrons. The standard InChI is InChI=1S/C15H15Cl2N5O/c1-8-7-22(10-3-4-12(16)13(17)5-10)21-14(8)19-15(23)11-6-18-20-9(11)2/h3-6,8H,7H2,1-2H3,(H,18,20)(H,19,21,23). The van der Waals surface area contributed by atoms with Crippen LogP contribution in [0.25, 0.3) is 0 Å². The number of hydrogen-bond acceptors (Lipinski definition) is 4. The van der Waals surface area contributed by atoms with E-state index in [2.05, 4.69) is 20.6 Å². The van der Waals surface area contributed by atoms with Crippen molar-refractivity contribution in [3.63, 3.8) is 0 Å². The molecule has 0 aliphatic carbocycles. The summed E-state index contributed by atoms with van der Waals surface area (Å²) in [5, 5.41) is 16.7. The van der Waals surface area contributed by atoms with Gasteiger partial charge in [-0.05, 0) is 25.1 Å². The van der Waals surface area contributed by atoms with E-state index in [0.717, 1.165) is 11.4 Å². The van der Waals surface area contributed by atoms with Crippen LogP contribution in [-0.4, -0.2) is 28.5 Å². The van der Waals surface area contributed by atoms with Crippen LogP contribution in [0, 0.1) is 12.8 Å². The average molecular weight is 352 g/mol. The number of halogens is 2. The number of H-pyrrole nitrogens is 1. The Hall–Kier alpha value is -2.05. The summed E-state index contributed by atoms with van der Waals surface area (Å²) >= 11 is 12.0. The topological polar surface area (TPSA) is 73.4 Å². The molecule has 1 amide bonds. The van der Waals surface area contributed by atoms with Gasteiger partial charge in [0.1, 0.15) is 5.84 Å². The molecule has 23 heavy (non-hydrogen) atoms. The Labute approximate surface area is 143 Å². The number of anilines is 1. The molecule has 0 saturated heterocycles. The Morgan fingerprint density at radius 3 is 2.83 bits per heavy atom. The van der Waals surface area contributed by atoms with Crippen LogP contribution in [0.5, 0.6) is 0 Å². The van der Waals surface area contributed by atoms with Crippen LogP contribution >= 0.6 is 23.2 Å². The third-order valence-corrected chi connectivity index (χ3v) is 4.40. The van der Waals surface area contributed by atoms with Crippen LogP contribution in [0.1, 0.15) is 23.0 Å². The zero-order chi connectivity index (χ0) is 16.6. The van der Waals surface area contributed by atoms with Gasteiger partial charge in [0, 0.05) is 11.6 Å². The van der Waals surface area contributed by atoms with Gasteiger partial charge in [-0.15, -0.1) is 0 Å². The Morgan fingerprint density at radius 2 is 2.17 bits per heavy atom. The fourth-order valence-corrected chi connectivity index (χ4v) is 2.63. The van der Waals surface area contributed by atoms with Crippen LogP contribution < -0.4 is 10.3 Å². The summed E-state index contributed by atoms with van der Waals surface area (Å²) < 4.78 is 0. The van der Waals surface area contributed by atoms with Gasteiger partial charge in [0.05, 0.1) is 34.0 Å². The lowest BCUT2D eigenvalue weighted by Crippen LogP contribution is -2.33. The van der Waals surface area contributed by atoms with Gasteiger partial charge < -0.3 is 5.32 Å². The Bertz CT molecular complexity index is 786. The maximum absolute atomic E-state index is 12.3. The summed E-state index contributed by atoms with van der Waals surface area (Å²) in [6.45, 7) is 4.45. The van der Waals surface area contributed by atoms with E-state index in [1.807, 2.05) is 13.0 Å². The number of amides is 1. The van der Waals surface area contributed by atoms with Crippen molar-refractivity contribution >= 4 is 40.6 Å². The van der Waals surface area contributed by atoms with E-state index in [9.17, 15) is 4.79 Å². The third kappa shape index (κ3) is 3.18. The molecule has 3 rings (SSSR count). The maximum atomic E-state index is 12.3. The van der Waals surface area contributed by atoms with Gasteiger partial charge in [-0.3, -0.25) is 14.9 Å². The molecule has 1 aliphatic rings. The summed E-state index contributed by atoms with van der Waals surface area (Å²) in [4.78, 5) is 12.3. The maximum Gasteiger partial charge on any atom is 0.260 e. The van der Waals surface area contributed by atoms with E-state index in [0.29, 0.717) is 28.0 Å². The largest absolute Gasteiger partial charge is 0.308 e. The molecular formula is C15H15Cl2N5O. The zero-order valence-corrected chi connectivity index (χ0v) is 14.1. The molecule has 8 heteroatoms. The monoisotopic (exact) mass is 351 g/mol. The molecule has 0 bridgehead atoms. The molecule has 0 spiro atoms. The number of benzene rings is 1. The second-order valence-electron chi connectivity index (χ2n) is 5.43. The van der Waals surface area contributed by atoms with Gasteiger partial charge in [-0.25, -0.2) is 0 Å². The molecule has 2 N–H and O–H groups in total. The number of aromatic amines is 1. The summed E-state index contributed by atoms with van der Waals surface area (Å²) in [5.74, 6) is 0.472. The van der Waals surface area contributed by atoms with Gasteiger partial charge >= 0.3 is 0 Å². The van der Waals surface area contributed by atoms with Crippen LogP contribution in [0.3, 0.4) is 0 Å². The number of hydrogen-bond donors (Lipinski definition) is 2. The molecule has 2 heterocycles. The number of aryl methyl sites for hydroxylation is 1. The van der Waals surface area contributed by atoms with Crippen molar-refractivity contribution in [3.8, 4) is 0 Å². The average Bonchev–Trinajstić information content (AvgIpc) is 3.08. The van der Waals surface area contributed by atoms with Crippen molar-refractivity contribution in [1.82, 2.24) is 15.5 Å². The number of nitrogens with one attached hydrogen (secondary N) is 2. The second kappa shape index (κ2) is 6.22. The summed E-state index contributed by atoms with van der Waals surface area (Å²) in [7, 11) is 0. The third-order valence-electron chi connectivity index (χ3n) is 3.66. The van der Waals surface area contributed by atoms with Gasteiger partial charge in [0.25, 0.3) is 5.91 Å². The molecule has 1 aromatic carbocycles. The van der Waals surface area contributed by atoms with Gasteiger partial charge in [0.2, 0.25) is 0 Å². The Balaban J connectivity index is 1.79. The SMILES string of the molecule is Cc1[nH]ncc1C(=O)NC1=NN(c2ccc(Cl)c(Cl)c2)CC1C. The molecule has 0 fully saturated rings. The first kappa shape index (κ1) is 15.8. The minimum Gasteiger partial charge on any atom is -0.308 e. The highest BCUT2D eigenvalue weighted by Crippen LogP contribution is 2.29. The molecule has 1 aliphatic heterocycles. The molecule has 0 saturated carbocycles. The van der Waals surface area contributed by atoms with Crippen molar-refractivity contribution < 1.29 is 4.79 Å². The number of carbonyl (C=O) groups excluding carboxylic acids is 1. The minimum absolute atomic E-state index is 0.0839. The highest BCUT2D eigenvalue weighted by atomic mass is 35.5. The fourth-order valence-electron chi connectivity index (χ4n) is 2.34. The number of nitrogens with zero attached hydrogens (tertiary/aromatic N) is 3. The van der Waals surface area contributed by atoms with Gasteiger partial charge in [-0.2, -0.15) is 10.2 Å². The second-order valence-corrected chi connectivity index (χ2v) is 6.24. The Kier molecular flexibility index (Phi) is 4.28. The zero-order valence-electron chi connectivity index (χ0n) is 12.6. The summed E-state index contributed by atoms with van der Waals surface area (Å²) in [5.41, 5.74) is 2.05. The van der Waals surface area contributed by atoms with E-state index in [-0.39, 0.29) is 11.8 Å². The predicted octanol–water partition coefficient (Wildman–Crippen LogP) is 3.22. The lowest BCUT2D eigenvalue weighted by molar-refractivity contribution is 0.0975. The first-order valence-corrected chi connectivity index (χ1v) is 7.83. The van der Waals surface area contributed by atoms with E-state index in [4.69, 9.17) is 23.2 Å². The van der Waals surface area contributed by atoms with E-state index in [1.54, 1.807) is 24.1 Å². The van der Waals surface area contributed by atoms with Crippen molar-refractivity contribution in [3.05, 3.63) is 45.7 Å². The number of amidine groups is 1. The number of hydrazone groups is 1. The van der Waals surface area contributed by atoms with Crippen molar-refractivity contribution in [1.29, 1.82) is 0 Å².